The van der Waals surface area contributed by atoms with Crippen molar-refractivity contribution in [2.45, 2.75) is 39.5 Å². The fourth-order valence-electron chi connectivity index (χ4n) is 2.80. The van der Waals surface area contributed by atoms with Gasteiger partial charge in [0.05, 0.1) is 7.11 Å². The molecule has 0 saturated carbocycles. The van der Waals surface area contributed by atoms with Gasteiger partial charge < -0.3 is 10.1 Å². The topological polar surface area (TPSA) is 21.3 Å². The van der Waals surface area contributed by atoms with Gasteiger partial charge in [-0.25, -0.2) is 0 Å². The third-order valence-corrected chi connectivity index (χ3v) is 3.69. The van der Waals surface area contributed by atoms with Crippen molar-refractivity contribution in [2.24, 2.45) is 11.8 Å². The van der Waals surface area contributed by atoms with E-state index in [1.165, 1.54) is 24.8 Å². The molecule has 0 fully saturated rings. The van der Waals surface area contributed by atoms with Gasteiger partial charge in [-0.1, -0.05) is 38.8 Å². The highest BCUT2D eigenvalue weighted by atomic mass is 16.5. The molecular formula is C17H29NO. The van der Waals surface area contributed by atoms with Crippen LogP contribution in [0.25, 0.3) is 0 Å². The van der Waals surface area contributed by atoms with Crippen molar-refractivity contribution in [3.63, 3.8) is 0 Å². The van der Waals surface area contributed by atoms with Crippen LogP contribution in [-0.4, -0.2) is 20.7 Å². The highest BCUT2D eigenvalue weighted by Gasteiger charge is 2.13. The lowest BCUT2D eigenvalue weighted by Crippen LogP contribution is -2.22. The molecule has 0 aliphatic rings. The smallest absolute Gasteiger partial charge is 0.118 e. The molecule has 0 saturated heterocycles. The minimum absolute atomic E-state index is 0.722. The van der Waals surface area contributed by atoms with Gasteiger partial charge in [0.15, 0.2) is 0 Å². The van der Waals surface area contributed by atoms with Crippen LogP contribution in [0.5, 0.6) is 5.75 Å². The van der Waals surface area contributed by atoms with E-state index in [1.54, 1.807) is 7.11 Å². The van der Waals surface area contributed by atoms with Gasteiger partial charge in [0.1, 0.15) is 5.75 Å². The maximum absolute atomic E-state index is 5.21. The van der Waals surface area contributed by atoms with E-state index >= 15 is 0 Å². The van der Waals surface area contributed by atoms with Crippen LogP contribution in [0, 0.1) is 11.8 Å². The first-order chi connectivity index (χ1) is 9.19. The molecule has 0 aromatic heterocycles. The maximum Gasteiger partial charge on any atom is 0.118 e. The Morgan fingerprint density at radius 2 is 1.89 bits per heavy atom. The van der Waals surface area contributed by atoms with E-state index in [0.717, 1.165) is 30.6 Å². The van der Waals surface area contributed by atoms with Gasteiger partial charge in [0, 0.05) is 0 Å². The standard InChI is InChI=1S/C17H29NO/c1-5-6-14(2)11-16(13-18-3)12-15-7-9-17(19-4)10-8-15/h7-10,14,16,18H,5-6,11-13H2,1-4H3. The second kappa shape index (κ2) is 8.98. The lowest BCUT2D eigenvalue weighted by atomic mass is 9.88. The van der Waals surface area contributed by atoms with Crippen molar-refractivity contribution in [3.05, 3.63) is 29.8 Å². The summed E-state index contributed by atoms with van der Waals surface area (Å²) in [5, 5.41) is 3.33. The Bertz CT molecular complexity index is 334. The third-order valence-electron chi connectivity index (χ3n) is 3.69. The fraction of sp³-hybridized carbons (Fsp3) is 0.647. The molecule has 1 aromatic carbocycles. The van der Waals surface area contributed by atoms with Gasteiger partial charge >= 0.3 is 0 Å². The Morgan fingerprint density at radius 3 is 2.42 bits per heavy atom. The normalized spacial score (nSPS) is 14.1. The van der Waals surface area contributed by atoms with Gasteiger partial charge in [-0.2, -0.15) is 0 Å². The van der Waals surface area contributed by atoms with Crippen LogP contribution in [0.4, 0.5) is 0 Å². The molecule has 0 amide bonds. The van der Waals surface area contributed by atoms with Crippen molar-refractivity contribution in [1.29, 1.82) is 0 Å². The van der Waals surface area contributed by atoms with Gasteiger partial charge in [-0.3, -0.25) is 0 Å². The molecule has 2 heteroatoms. The van der Waals surface area contributed by atoms with Crippen LogP contribution in [0.15, 0.2) is 24.3 Å². The van der Waals surface area contributed by atoms with Crippen molar-refractivity contribution >= 4 is 0 Å². The summed E-state index contributed by atoms with van der Waals surface area (Å²) in [5.74, 6) is 2.48. The van der Waals surface area contributed by atoms with Crippen LogP contribution < -0.4 is 10.1 Å². The predicted molar refractivity (Wildman–Crippen MR) is 82.8 cm³/mol. The second-order valence-corrected chi connectivity index (χ2v) is 5.61. The lowest BCUT2D eigenvalue weighted by molar-refractivity contribution is 0.360. The second-order valence-electron chi connectivity index (χ2n) is 5.61. The zero-order valence-corrected chi connectivity index (χ0v) is 12.9. The van der Waals surface area contributed by atoms with E-state index in [2.05, 4.69) is 43.4 Å². The summed E-state index contributed by atoms with van der Waals surface area (Å²) in [6.45, 7) is 5.74. The highest BCUT2D eigenvalue weighted by Crippen LogP contribution is 2.21. The van der Waals surface area contributed by atoms with Crippen LogP contribution >= 0.6 is 0 Å². The molecule has 2 atom stereocenters. The number of hydrogen-bond acceptors (Lipinski definition) is 2. The van der Waals surface area contributed by atoms with Crippen LogP contribution in [0.3, 0.4) is 0 Å². The SMILES string of the molecule is CCCC(C)CC(CNC)Cc1ccc(OC)cc1. The number of benzene rings is 1. The Kier molecular flexibility index (Phi) is 7.57. The van der Waals surface area contributed by atoms with E-state index in [1.807, 2.05) is 7.05 Å². The molecule has 0 spiro atoms. The lowest BCUT2D eigenvalue weighted by Gasteiger charge is -2.21. The molecular weight excluding hydrogens is 234 g/mol. The molecule has 1 N–H and O–H groups in total. The van der Waals surface area contributed by atoms with E-state index in [-0.39, 0.29) is 0 Å². The maximum atomic E-state index is 5.21. The summed E-state index contributed by atoms with van der Waals surface area (Å²) < 4.78 is 5.21. The average Bonchev–Trinajstić information content (AvgIpc) is 2.40. The predicted octanol–water partition coefficient (Wildman–Crippen LogP) is 3.90. The summed E-state index contributed by atoms with van der Waals surface area (Å²) in [4.78, 5) is 0. The number of methoxy groups -OCH3 is 1. The number of ether oxygens (including phenoxy) is 1. The van der Waals surface area contributed by atoms with E-state index in [4.69, 9.17) is 4.74 Å². The summed E-state index contributed by atoms with van der Waals surface area (Å²) in [7, 11) is 3.76. The van der Waals surface area contributed by atoms with Crippen molar-refractivity contribution in [1.82, 2.24) is 5.32 Å². The quantitative estimate of drug-likeness (QED) is 0.729. The first kappa shape index (κ1) is 16.0. The number of nitrogens with one attached hydrogen (secondary N) is 1. The van der Waals surface area contributed by atoms with Crippen LogP contribution in [-0.2, 0) is 6.42 Å². The first-order valence-electron chi connectivity index (χ1n) is 7.47. The third kappa shape index (κ3) is 6.11. The monoisotopic (exact) mass is 263 g/mol. The molecule has 0 radical (unpaired) electrons. The highest BCUT2D eigenvalue weighted by molar-refractivity contribution is 5.27. The van der Waals surface area contributed by atoms with Gasteiger partial charge in [0.2, 0.25) is 0 Å². The summed E-state index contributed by atoms with van der Waals surface area (Å²) >= 11 is 0. The van der Waals surface area contributed by atoms with Crippen molar-refractivity contribution < 1.29 is 4.74 Å². The van der Waals surface area contributed by atoms with E-state index < -0.39 is 0 Å². The zero-order chi connectivity index (χ0) is 14.1. The molecule has 1 aromatic rings. The Morgan fingerprint density at radius 1 is 1.21 bits per heavy atom. The van der Waals surface area contributed by atoms with E-state index in [0.29, 0.717) is 0 Å². The molecule has 108 valence electrons. The largest absolute Gasteiger partial charge is 0.497 e. The van der Waals surface area contributed by atoms with Crippen LogP contribution in [0.2, 0.25) is 0 Å². The molecule has 0 bridgehead atoms. The molecule has 2 nitrogen and oxygen atoms in total. The molecule has 0 aliphatic carbocycles. The summed E-state index contributed by atoms with van der Waals surface area (Å²) in [6, 6.07) is 8.49. The first-order valence-corrected chi connectivity index (χ1v) is 7.47. The fourth-order valence-corrected chi connectivity index (χ4v) is 2.80. The molecule has 0 aliphatic heterocycles. The number of rotatable bonds is 9. The van der Waals surface area contributed by atoms with Gasteiger partial charge in [-0.15, -0.1) is 0 Å². The Hall–Kier alpha value is -1.02. The van der Waals surface area contributed by atoms with Gasteiger partial charge in [-0.05, 0) is 56.0 Å². The van der Waals surface area contributed by atoms with Crippen molar-refractivity contribution in [2.75, 3.05) is 20.7 Å². The summed E-state index contributed by atoms with van der Waals surface area (Å²) in [5.41, 5.74) is 1.41. The van der Waals surface area contributed by atoms with E-state index in [9.17, 15) is 0 Å². The minimum Gasteiger partial charge on any atom is -0.497 e. The molecule has 1 rings (SSSR count). The van der Waals surface area contributed by atoms with Crippen LogP contribution in [0.1, 0.15) is 38.7 Å². The Labute approximate surface area is 118 Å². The zero-order valence-electron chi connectivity index (χ0n) is 12.9. The Balaban J connectivity index is 2.55. The number of hydrogen-bond donors (Lipinski definition) is 1. The minimum atomic E-state index is 0.722. The van der Waals surface area contributed by atoms with Crippen molar-refractivity contribution in [3.8, 4) is 5.75 Å². The summed E-state index contributed by atoms with van der Waals surface area (Å²) in [6.07, 6.45) is 5.08. The average molecular weight is 263 g/mol. The molecule has 19 heavy (non-hydrogen) atoms. The molecule has 0 heterocycles. The van der Waals surface area contributed by atoms with Gasteiger partial charge in [0.25, 0.3) is 0 Å². The molecule has 2 unspecified atom stereocenters.